The largest absolute Gasteiger partial charge is 0.377 e. The molecule has 1 saturated carbocycles. The van der Waals surface area contributed by atoms with Crippen molar-refractivity contribution in [2.75, 3.05) is 24.7 Å². The summed E-state index contributed by atoms with van der Waals surface area (Å²) in [6, 6.07) is 6.78. The maximum absolute atomic E-state index is 13.5. The van der Waals surface area contributed by atoms with Crippen molar-refractivity contribution < 1.29 is 21.6 Å². The lowest BCUT2D eigenvalue weighted by atomic mass is 9.84. The van der Waals surface area contributed by atoms with Gasteiger partial charge in [-0.15, -0.1) is 0 Å². The molecule has 0 spiro atoms. The highest BCUT2D eigenvalue weighted by Gasteiger charge is 2.40. The van der Waals surface area contributed by atoms with Crippen LogP contribution in [0.25, 0.3) is 0 Å². The van der Waals surface area contributed by atoms with Gasteiger partial charge in [-0.05, 0) is 55.7 Å². The van der Waals surface area contributed by atoms with Gasteiger partial charge in [0, 0.05) is 19.2 Å². The molecule has 2 saturated heterocycles. The Bertz CT molecular complexity index is 899. The van der Waals surface area contributed by atoms with Gasteiger partial charge in [-0.2, -0.15) is 4.31 Å². The Morgan fingerprint density at radius 2 is 1.69 bits per heavy atom. The van der Waals surface area contributed by atoms with Crippen LogP contribution in [-0.4, -0.2) is 57.9 Å². The van der Waals surface area contributed by atoms with E-state index in [1.807, 2.05) is 12.1 Å². The quantitative estimate of drug-likeness (QED) is 0.678. The molecule has 4 rings (SSSR count). The SMILES string of the molecule is O=S1(=O)CC[C@@H](N(C[C@@H]2CCCO2)S(=O)(=O)c2ccc(C3CCCCC3)cc2)C1. The van der Waals surface area contributed by atoms with Gasteiger partial charge >= 0.3 is 0 Å². The number of rotatable bonds is 6. The van der Waals surface area contributed by atoms with E-state index >= 15 is 0 Å². The average molecular weight is 442 g/mol. The van der Waals surface area contributed by atoms with Gasteiger partial charge in [0.1, 0.15) is 0 Å². The number of hydrogen-bond acceptors (Lipinski definition) is 5. The molecule has 6 nitrogen and oxygen atoms in total. The summed E-state index contributed by atoms with van der Waals surface area (Å²) in [6.07, 6.45) is 8.00. The van der Waals surface area contributed by atoms with E-state index in [4.69, 9.17) is 4.74 Å². The third-order valence-corrected chi connectivity index (χ3v) is 10.3. The van der Waals surface area contributed by atoms with Crippen LogP contribution in [0.1, 0.15) is 62.8 Å². The smallest absolute Gasteiger partial charge is 0.243 e. The first-order valence-electron chi connectivity index (χ1n) is 10.8. The van der Waals surface area contributed by atoms with Crippen LogP contribution in [0.2, 0.25) is 0 Å². The normalized spacial score (nSPS) is 28.2. The van der Waals surface area contributed by atoms with E-state index in [-0.39, 0.29) is 29.0 Å². The second-order valence-electron chi connectivity index (χ2n) is 8.67. The summed E-state index contributed by atoms with van der Waals surface area (Å²) >= 11 is 0. The third-order valence-electron chi connectivity index (χ3n) is 6.59. The first-order chi connectivity index (χ1) is 13.9. The first kappa shape index (κ1) is 21.3. The van der Waals surface area contributed by atoms with Crippen molar-refractivity contribution in [2.24, 2.45) is 0 Å². The monoisotopic (exact) mass is 441 g/mol. The van der Waals surface area contributed by atoms with Crippen LogP contribution >= 0.6 is 0 Å². The molecule has 3 aliphatic rings. The molecule has 1 aromatic carbocycles. The molecule has 162 valence electrons. The molecule has 0 amide bonds. The molecule has 0 unspecified atom stereocenters. The highest BCUT2D eigenvalue weighted by atomic mass is 32.2. The fourth-order valence-corrected chi connectivity index (χ4v) is 8.43. The molecule has 8 heteroatoms. The molecule has 0 aromatic heterocycles. The summed E-state index contributed by atoms with van der Waals surface area (Å²) in [6.45, 7) is 0.866. The number of benzene rings is 1. The van der Waals surface area contributed by atoms with Crippen LogP contribution in [0.5, 0.6) is 0 Å². The maximum atomic E-state index is 13.5. The Morgan fingerprint density at radius 3 is 2.28 bits per heavy atom. The summed E-state index contributed by atoms with van der Waals surface area (Å²) in [7, 11) is -6.97. The molecule has 2 heterocycles. The van der Waals surface area contributed by atoms with Gasteiger partial charge in [-0.3, -0.25) is 0 Å². The van der Waals surface area contributed by atoms with Crippen LogP contribution in [0.3, 0.4) is 0 Å². The molecule has 29 heavy (non-hydrogen) atoms. The van der Waals surface area contributed by atoms with E-state index in [9.17, 15) is 16.8 Å². The minimum absolute atomic E-state index is 0.0514. The Balaban J connectivity index is 1.58. The van der Waals surface area contributed by atoms with E-state index in [0.29, 0.717) is 18.9 Å². The Hall–Kier alpha value is -0.960. The lowest BCUT2D eigenvalue weighted by Crippen LogP contribution is -2.45. The van der Waals surface area contributed by atoms with Gasteiger partial charge in [0.05, 0.1) is 22.5 Å². The number of sulfone groups is 1. The van der Waals surface area contributed by atoms with E-state index in [1.165, 1.54) is 29.1 Å². The van der Waals surface area contributed by atoms with Gasteiger partial charge in [0.2, 0.25) is 10.0 Å². The van der Waals surface area contributed by atoms with E-state index in [0.717, 1.165) is 25.7 Å². The fourth-order valence-electron chi connectivity index (χ4n) is 4.92. The van der Waals surface area contributed by atoms with Crippen molar-refractivity contribution in [1.29, 1.82) is 0 Å². The molecule has 1 aromatic rings. The molecule has 2 aliphatic heterocycles. The number of hydrogen-bond donors (Lipinski definition) is 0. The van der Waals surface area contributed by atoms with E-state index in [1.54, 1.807) is 12.1 Å². The summed E-state index contributed by atoms with van der Waals surface area (Å²) < 4.78 is 58.1. The summed E-state index contributed by atoms with van der Waals surface area (Å²) in [5.41, 5.74) is 1.21. The topological polar surface area (TPSA) is 80.8 Å². The Morgan fingerprint density at radius 1 is 0.966 bits per heavy atom. The Labute approximate surface area is 174 Å². The average Bonchev–Trinajstić information content (AvgIpc) is 3.36. The predicted molar refractivity (Wildman–Crippen MR) is 112 cm³/mol. The second kappa shape index (κ2) is 8.65. The summed E-state index contributed by atoms with van der Waals surface area (Å²) in [5.74, 6) is 0.470. The van der Waals surface area contributed by atoms with Gasteiger partial charge in [-0.1, -0.05) is 31.4 Å². The fraction of sp³-hybridized carbons (Fsp3) is 0.714. The third kappa shape index (κ3) is 4.86. The molecule has 1 aliphatic carbocycles. The van der Waals surface area contributed by atoms with Crippen molar-refractivity contribution in [3.8, 4) is 0 Å². The van der Waals surface area contributed by atoms with Gasteiger partial charge in [-0.25, -0.2) is 16.8 Å². The minimum Gasteiger partial charge on any atom is -0.377 e. The first-order valence-corrected chi connectivity index (χ1v) is 14.1. The molecule has 0 bridgehead atoms. The van der Waals surface area contributed by atoms with Crippen LogP contribution in [0.4, 0.5) is 0 Å². The minimum atomic E-state index is -3.78. The summed E-state index contributed by atoms with van der Waals surface area (Å²) in [5, 5.41) is 0. The van der Waals surface area contributed by atoms with E-state index < -0.39 is 25.9 Å². The van der Waals surface area contributed by atoms with Crippen LogP contribution in [0, 0.1) is 0 Å². The number of sulfonamides is 1. The van der Waals surface area contributed by atoms with Crippen molar-refractivity contribution in [3.05, 3.63) is 29.8 Å². The van der Waals surface area contributed by atoms with Gasteiger partial charge in [0.25, 0.3) is 0 Å². The zero-order valence-electron chi connectivity index (χ0n) is 16.8. The standard InChI is InChI=1S/C21H31NO5S2/c23-28(24)14-12-19(16-28)22(15-20-7-4-13-27-20)29(25,26)21-10-8-18(9-11-21)17-5-2-1-3-6-17/h8-11,17,19-20H,1-7,12-16H2/t19-,20+/m1/s1. The highest BCUT2D eigenvalue weighted by molar-refractivity contribution is 7.92. The van der Waals surface area contributed by atoms with Crippen molar-refractivity contribution >= 4 is 19.9 Å². The second-order valence-corrected chi connectivity index (χ2v) is 12.8. The van der Waals surface area contributed by atoms with Crippen molar-refractivity contribution in [3.63, 3.8) is 0 Å². The molecular formula is C21H31NO5S2. The molecule has 0 radical (unpaired) electrons. The van der Waals surface area contributed by atoms with Gasteiger partial charge < -0.3 is 4.74 Å². The molecular weight excluding hydrogens is 410 g/mol. The lowest BCUT2D eigenvalue weighted by Gasteiger charge is -2.29. The van der Waals surface area contributed by atoms with E-state index in [2.05, 4.69) is 0 Å². The molecule has 0 N–H and O–H groups in total. The number of nitrogens with zero attached hydrogens (tertiary/aromatic N) is 1. The molecule has 3 fully saturated rings. The molecule has 2 atom stereocenters. The maximum Gasteiger partial charge on any atom is 0.243 e. The Kier molecular flexibility index (Phi) is 6.35. The van der Waals surface area contributed by atoms with Crippen LogP contribution in [-0.2, 0) is 24.6 Å². The van der Waals surface area contributed by atoms with Crippen LogP contribution < -0.4 is 0 Å². The zero-order valence-corrected chi connectivity index (χ0v) is 18.5. The highest BCUT2D eigenvalue weighted by Crippen LogP contribution is 2.34. The zero-order chi connectivity index (χ0) is 20.5. The number of ether oxygens (including phenoxy) is 1. The lowest BCUT2D eigenvalue weighted by molar-refractivity contribution is 0.0877. The van der Waals surface area contributed by atoms with Gasteiger partial charge in [0.15, 0.2) is 9.84 Å². The van der Waals surface area contributed by atoms with Crippen molar-refractivity contribution in [1.82, 2.24) is 4.31 Å². The summed E-state index contributed by atoms with van der Waals surface area (Å²) in [4.78, 5) is 0.249. The predicted octanol–water partition coefficient (Wildman–Crippen LogP) is 3.09. The van der Waals surface area contributed by atoms with Crippen LogP contribution in [0.15, 0.2) is 29.2 Å². The van der Waals surface area contributed by atoms with Crippen molar-refractivity contribution in [2.45, 2.75) is 74.3 Å².